The first kappa shape index (κ1) is 15.2. The maximum absolute atomic E-state index is 10.5. The molecule has 0 bridgehead atoms. The van der Waals surface area contributed by atoms with E-state index in [2.05, 4.69) is 6.58 Å². The molecule has 0 aromatic heterocycles. The van der Waals surface area contributed by atoms with Crippen LogP contribution in [0.2, 0.25) is 0 Å². The molecule has 1 saturated carbocycles. The van der Waals surface area contributed by atoms with E-state index in [1.807, 2.05) is 0 Å². The second-order valence-electron chi connectivity index (χ2n) is 5.27. The average molecular weight is 254 g/mol. The molecule has 1 rings (SSSR count). The smallest absolute Gasteiger partial charge is 0.330 e. The monoisotopic (exact) mass is 254 g/mol. The lowest BCUT2D eigenvalue weighted by Gasteiger charge is -2.21. The third kappa shape index (κ3) is 6.80. The number of ether oxygens (including phenoxy) is 1. The van der Waals surface area contributed by atoms with Gasteiger partial charge in [0.1, 0.15) is 0 Å². The van der Waals surface area contributed by atoms with Crippen LogP contribution < -0.4 is 0 Å². The molecule has 18 heavy (non-hydrogen) atoms. The van der Waals surface area contributed by atoms with Gasteiger partial charge in [-0.1, -0.05) is 38.7 Å². The van der Waals surface area contributed by atoms with E-state index in [1.54, 1.807) is 0 Å². The summed E-state index contributed by atoms with van der Waals surface area (Å²) in [6, 6.07) is 0. The van der Waals surface area contributed by atoms with Crippen LogP contribution in [0.15, 0.2) is 12.2 Å². The summed E-state index contributed by atoms with van der Waals surface area (Å²) in [5.41, 5.74) is 0.303. The average Bonchev–Trinajstić information content (AvgIpc) is 2.38. The second kappa shape index (κ2) is 9.15. The fraction of sp³-hybridized carbons (Fsp3) is 0.800. The Bertz CT molecular complexity index is 254. The molecule has 0 aliphatic heterocycles. The quantitative estimate of drug-likeness (QED) is 0.503. The topological polar surface area (TPSA) is 46.5 Å². The number of rotatable bonds is 9. The minimum Gasteiger partial charge on any atom is -0.478 e. The van der Waals surface area contributed by atoms with Crippen LogP contribution in [-0.4, -0.2) is 24.3 Å². The minimum atomic E-state index is -0.881. The Morgan fingerprint density at radius 3 is 2.56 bits per heavy atom. The van der Waals surface area contributed by atoms with Crippen molar-refractivity contribution in [2.24, 2.45) is 5.92 Å². The molecule has 1 fully saturated rings. The Kier molecular flexibility index (Phi) is 7.74. The number of hydrogen-bond donors (Lipinski definition) is 1. The first-order valence-electron chi connectivity index (χ1n) is 7.19. The van der Waals surface area contributed by atoms with Crippen molar-refractivity contribution in [1.29, 1.82) is 0 Å². The summed E-state index contributed by atoms with van der Waals surface area (Å²) in [6.07, 6.45) is 10.5. The molecule has 0 radical (unpaired) electrons. The number of carbonyl (C=O) groups is 1. The molecule has 0 saturated heterocycles. The number of carboxylic acid groups (broad SMARTS) is 1. The van der Waals surface area contributed by atoms with E-state index >= 15 is 0 Å². The summed E-state index contributed by atoms with van der Waals surface area (Å²) in [5, 5.41) is 8.64. The lowest BCUT2D eigenvalue weighted by atomic mass is 9.87. The Balaban J connectivity index is 1.86. The molecule has 0 amide bonds. The van der Waals surface area contributed by atoms with Crippen molar-refractivity contribution in [3.05, 3.63) is 12.2 Å². The van der Waals surface area contributed by atoms with E-state index in [4.69, 9.17) is 9.84 Å². The van der Waals surface area contributed by atoms with Gasteiger partial charge in [0, 0.05) is 18.8 Å². The van der Waals surface area contributed by atoms with E-state index in [0.717, 1.165) is 32.0 Å². The zero-order valence-corrected chi connectivity index (χ0v) is 11.3. The number of unbranched alkanes of at least 4 members (excludes halogenated alkanes) is 1. The first-order chi connectivity index (χ1) is 8.70. The van der Waals surface area contributed by atoms with E-state index in [1.165, 1.54) is 38.5 Å². The van der Waals surface area contributed by atoms with Crippen molar-refractivity contribution in [1.82, 2.24) is 0 Å². The summed E-state index contributed by atoms with van der Waals surface area (Å²) in [5.74, 6) is -0.00115. The van der Waals surface area contributed by atoms with Crippen molar-refractivity contribution in [3.8, 4) is 0 Å². The van der Waals surface area contributed by atoms with Gasteiger partial charge < -0.3 is 9.84 Å². The number of carboxylic acids is 1. The van der Waals surface area contributed by atoms with E-state index in [9.17, 15) is 4.79 Å². The lowest BCUT2D eigenvalue weighted by Crippen LogP contribution is -2.10. The van der Waals surface area contributed by atoms with Gasteiger partial charge in [-0.3, -0.25) is 0 Å². The molecule has 1 aliphatic rings. The summed E-state index contributed by atoms with van der Waals surface area (Å²) in [6.45, 7) is 5.12. The largest absolute Gasteiger partial charge is 0.478 e. The van der Waals surface area contributed by atoms with Crippen LogP contribution in [0.5, 0.6) is 0 Å². The highest BCUT2D eigenvalue weighted by Gasteiger charge is 2.12. The predicted octanol–water partition coefficient (Wildman–Crippen LogP) is 3.78. The summed E-state index contributed by atoms with van der Waals surface area (Å²) < 4.78 is 5.60. The summed E-state index contributed by atoms with van der Waals surface area (Å²) in [7, 11) is 0. The highest BCUT2D eigenvalue weighted by Crippen LogP contribution is 2.26. The molecular weight excluding hydrogens is 228 g/mol. The van der Waals surface area contributed by atoms with Crippen molar-refractivity contribution >= 4 is 5.97 Å². The van der Waals surface area contributed by atoms with Crippen LogP contribution >= 0.6 is 0 Å². The highest BCUT2D eigenvalue weighted by molar-refractivity contribution is 5.85. The van der Waals surface area contributed by atoms with E-state index < -0.39 is 5.97 Å². The predicted molar refractivity (Wildman–Crippen MR) is 72.6 cm³/mol. The fourth-order valence-electron chi connectivity index (χ4n) is 2.48. The van der Waals surface area contributed by atoms with Gasteiger partial charge in [-0.2, -0.15) is 0 Å². The van der Waals surface area contributed by atoms with Crippen molar-refractivity contribution < 1.29 is 14.6 Å². The van der Waals surface area contributed by atoms with Gasteiger partial charge >= 0.3 is 5.97 Å². The van der Waals surface area contributed by atoms with Gasteiger partial charge in [0.25, 0.3) is 0 Å². The fourth-order valence-corrected chi connectivity index (χ4v) is 2.48. The molecule has 104 valence electrons. The third-order valence-electron chi connectivity index (χ3n) is 3.71. The first-order valence-corrected chi connectivity index (χ1v) is 7.19. The minimum absolute atomic E-state index is 0.303. The molecule has 0 spiro atoms. The standard InChI is InChI=1S/C15H26O3/c1-13(15(16)17)7-5-6-11-18-12-10-14-8-3-2-4-9-14/h14H,1-12H2,(H,16,17). The summed E-state index contributed by atoms with van der Waals surface area (Å²) >= 11 is 0. The zero-order chi connectivity index (χ0) is 13.2. The van der Waals surface area contributed by atoms with Crippen LogP contribution in [0, 0.1) is 5.92 Å². The van der Waals surface area contributed by atoms with Gasteiger partial charge in [-0.05, 0) is 31.6 Å². The van der Waals surface area contributed by atoms with Crippen LogP contribution in [-0.2, 0) is 9.53 Å². The lowest BCUT2D eigenvalue weighted by molar-refractivity contribution is -0.132. The third-order valence-corrected chi connectivity index (χ3v) is 3.71. The Morgan fingerprint density at radius 2 is 1.89 bits per heavy atom. The van der Waals surface area contributed by atoms with Gasteiger partial charge in [0.2, 0.25) is 0 Å². The molecule has 0 unspecified atom stereocenters. The highest BCUT2D eigenvalue weighted by atomic mass is 16.5. The normalized spacial score (nSPS) is 16.7. The molecular formula is C15H26O3. The molecule has 1 N–H and O–H groups in total. The van der Waals surface area contributed by atoms with E-state index in [-0.39, 0.29) is 0 Å². The Labute approximate surface area is 110 Å². The summed E-state index contributed by atoms with van der Waals surface area (Å²) in [4.78, 5) is 10.5. The van der Waals surface area contributed by atoms with Crippen LogP contribution in [0.3, 0.4) is 0 Å². The van der Waals surface area contributed by atoms with Crippen molar-refractivity contribution in [2.75, 3.05) is 13.2 Å². The van der Waals surface area contributed by atoms with Crippen LogP contribution in [0.4, 0.5) is 0 Å². The molecule has 0 aromatic carbocycles. The molecule has 1 aliphatic carbocycles. The Morgan fingerprint density at radius 1 is 1.17 bits per heavy atom. The van der Waals surface area contributed by atoms with Crippen LogP contribution in [0.1, 0.15) is 57.8 Å². The maximum atomic E-state index is 10.5. The molecule has 3 nitrogen and oxygen atoms in total. The molecule has 0 atom stereocenters. The molecule has 0 aromatic rings. The van der Waals surface area contributed by atoms with Gasteiger partial charge in [0.05, 0.1) is 0 Å². The second-order valence-corrected chi connectivity index (χ2v) is 5.27. The SMILES string of the molecule is C=C(CCCCOCCC1CCCCC1)C(=O)O. The van der Waals surface area contributed by atoms with Crippen LogP contribution in [0.25, 0.3) is 0 Å². The van der Waals surface area contributed by atoms with Crippen molar-refractivity contribution in [3.63, 3.8) is 0 Å². The van der Waals surface area contributed by atoms with Gasteiger partial charge in [-0.25, -0.2) is 4.79 Å². The van der Waals surface area contributed by atoms with E-state index in [0.29, 0.717) is 12.0 Å². The molecule has 3 heteroatoms. The van der Waals surface area contributed by atoms with Crippen molar-refractivity contribution in [2.45, 2.75) is 57.8 Å². The molecule has 0 heterocycles. The van der Waals surface area contributed by atoms with Gasteiger partial charge in [0.15, 0.2) is 0 Å². The number of aliphatic carboxylic acids is 1. The zero-order valence-electron chi connectivity index (χ0n) is 11.3. The Hall–Kier alpha value is -0.830. The number of hydrogen-bond acceptors (Lipinski definition) is 2. The van der Waals surface area contributed by atoms with Gasteiger partial charge in [-0.15, -0.1) is 0 Å². The maximum Gasteiger partial charge on any atom is 0.330 e.